The van der Waals surface area contributed by atoms with Gasteiger partial charge in [-0.15, -0.1) is 0 Å². The SMILES string of the molecule is COc1cc(OCCN2CC(CF)C2)ccc1[C@@H]1c2ccc3[nH]ncc3c2C[C@@H](C)N1CC1(F)COC1. The number of methoxy groups -OCH3 is 1. The van der Waals surface area contributed by atoms with Crippen LogP contribution in [-0.4, -0.2) is 91.5 Å². The van der Waals surface area contributed by atoms with Gasteiger partial charge in [0.2, 0.25) is 0 Å². The zero-order chi connectivity index (χ0) is 25.6. The van der Waals surface area contributed by atoms with Gasteiger partial charge in [-0.3, -0.25) is 19.3 Å². The molecule has 0 aliphatic carbocycles. The normalized spacial score (nSPS) is 23.9. The second-order valence-corrected chi connectivity index (χ2v) is 10.8. The van der Waals surface area contributed by atoms with Gasteiger partial charge in [0.1, 0.15) is 18.1 Å². The number of hydrogen-bond acceptors (Lipinski definition) is 6. The predicted molar refractivity (Wildman–Crippen MR) is 137 cm³/mol. The second kappa shape index (κ2) is 9.85. The average Bonchev–Trinajstić information content (AvgIpc) is 3.34. The summed E-state index contributed by atoms with van der Waals surface area (Å²) in [5, 5.41) is 8.44. The molecule has 0 saturated carbocycles. The summed E-state index contributed by atoms with van der Waals surface area (Å²) in [6.45, 7) is 5.34. The summed E-state index contributed by atoms with van der Waals surface area (Å²) in [6, 6.07) is 10.0. The molecule has 0 unspecified atom stereocenters. The van der Waals surface area contributed by atoms with Crippen LogP contribution in [0.4, 0.5) is 8.78 Å². The van der Waals surface area contributed by atoms with Crippen LogP contribution < -0.4 is 9.47 Å². The summed E-state index contributed by atoms with van der Waals surface area (Å²) in [6.07, 6.45) is 2.69. The highest BCUT2D eigenvalue weighted by Gasteiger charge is 2.45. The number of alkyl halides is 2. The van der Waals surface area contributed by atoms with Gasteiger partial charge in [-0.05, 0) is 42.7 Å². The minimum absolute atomic E-state index is 0.108. The van der Waals surface area contributed by atoms with Crippen molar-refractivity contribution in [3.05, 3.63) is 53.2 Å². The first-order valence-electron chi connectivity index (χ1n) is 13.0. The van der Waals surface area contributed by atoms with Gasteiger partial charge >= 0.3 is 0 Å². The highest BCUT2D eigenvalue weighted by molar-refractivity contribution is 5.83. The molecule has 2 fully saturated rings. The van der Waals surface area contributed by atoms with E-state index in [1.165, 1.54) is 5.56 Å². The van der Waals surface area contributed by atoms with Gasteiger partial charge in [-0.25, -0.2) is 4.39 Å². The number of hydrogen-bond donors (Lipinski definition) is 1. The first-order chi connectivity index (χ1) is 18.0. The van der Waals surface area contributed by atoms with Gasteiger partial charge < -0.3 is 14.2 Å². The molecule has 37 heavy (non-hydrogen) atoms. The third-order valence-corrected chi connectivity index (χ3v) is 8.08. The molecule has 0 amide bonds. The van der Waals surface area contributed by atoms with Crippen molar-refractivity contribution in [2.24, 2.45) is 5.92 Å². The Kier molecular flexibility index (Phi) is 6.54. The molecule has 4 heterocycles. The summed E-state index contributed by atoms with van der Waals surface area (Å²) in [4.78, 5) is 4.45. The Morgan fingerprint density at radius 3 is 2.73 bits per heavy atom. The maximum Gasteiger partial charge on any atom is 0.169 e. The van der Waals surface area contributed by atoms with Crippen molar-refractivity contribution in [2.75, 3.05) is 59.8 Å². The lowest BCUT2D eigenvalue weighted by Crippen LogP contribution is -2.57. The number of H-pyrrole nitrogens is 1. The summed E-state index contributed by atoms with van der Waals surface area (Å²) >= 11 is 0. The smallest absolute Gasteiger partial charge is 0.169 e. The average molecular weight is 513 g/mol. The minimum atomic E-state index is -1.35. The third-order valence-electron chi connectivity index (χ3n) is 8.08. The second-order valence-electron chi connectivity index (χ2n) is 10.8. The number of aromatic nitrogens is 2. The molecule has 2 atom stereocenters. The first kappa shape index (κ1) is 24.6. The maximum atomic E-state index is 15.4. The van der Waals surface area contributed by atoms with E-state index in [1.54, 1.807) is 7.11 Å². The summed E-state index contributed by atoms with van der Waals surface area (Å²) in [7, 11) is 1.66. The van der Waals surface area contributed by atoms with E-state index in [2.05, 4.69) is 33.0 Å². The lowest BCUT2D eigenvalue weighted by molar-refractivity contribution is -0.147. The van der Waals surface area contributed by atoms with Gasteiger partial charge in [0, 0.05) is 55.2 Å². The Morgan fingerprint density at radius 2 is 2.00 bits per heavy atom. The van der Waals surface area contributed by atoms with E-state index in [0.29, 0.717) is 18.9 Å². The number of fused-ring (bicyclic) bond motifs is 3. The topological polar surface area (TPSA) is 62.9 Å². The highest BCUT2D eigenvalue weighted by Crippen LogP contribution is 2.45. The molecule has 0 bridgehead atoms. The van der Waals surface area contributed by atoms with Gasteiger partial charge in [-0.2, -0.15) is 5.10 Å². The van der Waals surface area contributed by atoms with E-state index in [1.807, 2.05) is 30.5 Å². The molecule has 9 heteroatoms. The molecule has 0 spiro atoms. The van der Waals surface area contributed by atoms with Crippen LogP contribution in [-0.2, 0) is 11.2 Å². The molecule has 2 saturated heterocycles. The predicted octanol–water partition coefficient (Wildman–Crippen LogP) is 3.93. The van der Waals surface area contributed by atoms with E-state index in [9.17, 15) is 4.39 Å². The van der Waals surface area contributed by atoms with Gasteiger partial charge in [0.25, 0.3) is 0 Å². The molecule has 6 rings (SSSR count). The van der Waals surface area contributed by atoms with Crippen molar-refractivity contribution in [2.45, 2.75) is 31.1 Å². The fourth-order valence-electron chi connectivity index (χ4n) is 6.01. The van der Waals surface area contributed by atoms with Crippen molar-refractivity contribution in [1.82, 2.24) is 20.0 Å². The van der Waals surface area contributed by atoms with Crippen molar-refractivity contribution >= 4 is 10.9 Å². The fourth-order valence-corrected chi connectivity index (χ4v) is 6.01. The van der Waals surface area contributed by atoms with E-state index in [4.69, 9.17) is 14.2 Å². The summed E-state index contributed by atoms with van der Waals surface area (Å²) in [5.41, 5.74) is 3.01. The Labute approximate surface area is 215 Å². The van der Waals surface area contributed by atoms with Crippen molar-refractivity contribution in [3.8, 4) is 11.5 Å². The number of halogens is 2. The Balaban J connectivity index is 1.30. The third kappa shape index (κ3) is 4.57. The zero-order valence-corrected chi connectivity index (χ0v) is 21.4. The molecule has 3 aliphatic rings. The number of rotatable bonds is 9. The largest absolute Gasteiger partial charge is 0.496 e. The van der Waals surface area contributed by atoms with Gasteiger partial charge in [0.15, 0.2) is 5.67 Å². The van der Waals surface area contributed by atoms with Crippen LogP contribution in [0.1, 0.15) is 29.7 Å². The van der Waals surface area contributed by atoms with E-state index < -0.39 is 5.67 Å². The van der Waals surface area contributed by atoms with Crippen molar-refractivity contribution < 1.29 is 23.0 Å². The van der Waals surface area contributed by atoms with Gasteiger partial charge in [0.05, 0.1) is 44.8 Å². The van der Waals surface area contributed by atoms with Crippen LogP contribution in [0.2, 0.25) is 0 Å². The standard InChI is InChI=1S/C28H34F2N4O3/c1-18-9-23-21(5-6-25-24(23)12-31-32-25)27(34(18)15-28(30)16-36-17-28)22-4-3-20(10-26(22)35-2)37-8-7-33-13-19(11-29)14-33/h3-6,10,12,18-19,27H,7-9,11,13-17H2,1-2H3,(H,31,32)/t18-,27+/m1/s1. The molecule has 7 nitrogen and oxygen atoms in total. The number of ether oxygens (including phenoxy) is 3. The van der Waals surface area contributed by atoms with Crippen LogP contribution in [0.3, 0.4) is 0 Å². The fraction of sp³-hybridized carbons (Fsp3) is 0.536. The zero-order valence-electron chi connectivity index (χ0n) is 21.4. The lowest BCUT2D eigenvalue weighted by Gasteiger charge is -2.47. The van der Waals surface area contributed by atoms with E-state index in [-0.39, 0.29) is 37.9 Å². The molecule has 3 aliphatic heterocycles. The molecule has 0 radical (unpaired) electrons. The van der Waals surface area contributed by atoms with Crippen LogP contribution in [0.15, 0.2) is 36.5 Å². The molecular weight excluding hydrogens is 478 g/mol. The molecular formula is C28H34F2N4O3. The minimum Gasteiger partial charge on any atom is -0.496 e. The number of nitrogens with zero attached hydrogens (tertiary/aromatic N) is 3. The van der Waals surface area contributed by atoms with E-state index >= 15 is 4.39 Å². The lowest BCUT2D eigenvalue weighted by atomic mass is 9.82. The molecule has 198 valence electrons. The van der Waals surface area contributed by atoms with Crippen LogP contribution >= 0.6 is 0 Å². The van der Waals surface area contributed by atoms with Crippen molar-refractivity contribution in [3.63, 3.8) is 0 Å². The number of benzene rings is 2. The molecule has 3 aromatic rings. The van der Waals surface area contributed by atoms with Crippen molar-refractivity contribution in [1.29, 1.82) is 0 Å². The Bertz CT molecular complexity index is 1260. The summed E-state index contributed by atoms with van der Waals surface area (Å²) < 4.78 is 45.2. The Morgan fingerprint density at radius 1 is 1.19 bits per heavy atom. The van der Waals surface area contributed by atoms with Crippen LogP contribution in [0.5, 0.6) is 11.5 Å². The Hall–Kier alpha value is -2.75. The molecule has 2 aromatic carbocycles. The van der Waals surface area contributed by atoms with Crippen LogP contribution in [0.25, 0.3) is 10.9 Å². The highest BCUT2D eigenvalue weighted by atomic mass is 19.1. The molecule has 1 aromatic heterocycles. The number of likely N-dealkylation sites (tertiary alicyclic amines) is 1. The summed E-state index contributed by atoms with van der Waals surface area (Å²) in [5.74, 6) is 1.60. The van der Waals surface area contributed by atoms with Crippen LogP contribution in [0, 0.1) is 5.92 Å². The first-order valence-corrected chi connectivity index (χ1v) is 13.0. The number of aromatic amines is 1. The number of nitrogens with one attached hydrogen (secondary N) is 1. The van der Waals surface area contributed by atoms with E-state index in [0.717, 1.165) is 53.8 Å². The van der Waals surface area contributed by atoms with Gasteiger partial charge in [-0.1, -0.05) is 6.07 Å². The molecule has 1 N–H and O–H groups in total. The maximum absolute atomic E-state index is 15.4. The quantitative estimate of drug-likeness (QED) is 0.469. The monoisotopic (exact) mass is 512 g/mol.